The van der Waals surface area contributed by atoms with Gasteiger partial charge in [-0.3, -0.25) is 0 Å². The van der Waals surface area contributed by atoms with Crippen LogP contribution in [-0.4, -0.2) is 63.6 Å². The summed E-state index contributed by atoms with van der Waals surface area (Å²) in [6.07, 6.45) is 7.29. The van der Waals surface area contributed by atoms with E-state index in [4.69, 9.17) is 4.74 Å². The molecule has 1 aromatic heterocycles. The lowest BCUT2D eigenvalue weighted by Crippen LogP contribution is -2.54. The molecule has 8 nitrogen and oxygen atoms in total. The fourth-order valence-corrected chi connectivity index (χ4v) is 4.62. The first-order chi connectivity index (χ1) is 15.5. The molecule has 2 aliphatic rings. The first kappa shape index (κ1) is 22.6. The summed E-state index contributed by atoms with van der Waals surface area (Å²) in [4.78, 5) is 19.1. The van der Waals surface area contributed by atoms with Gasteiger partial charge in [0.15, 0.2) is 0 Å². The van der Waals surface area contributed by atoms with Gasteiger partial charge in [0, 0.05) is 31.6 Å². The van der Waals surface area contributed by atoms with Gasteiger partial charge in [0.05, 0.1) is 19.3 Å². The second kappa shape index (κ2) is 9.90. The summed E-state index contributed by atoms with van der Waals surface area (Å²) in [5, 5.41) is 11.9. The number of nitrogens with zero attached hydrogens (tertiary/aromatic N) is 5. The van der Waals surface area contributed by atoms with Crippen molar-refractivity contribution in [2.24, 2.45) is 12.5 Å². The van der Waals surface area contributed by atoms with Crippen LogP contribution in [0.25, 0.3) is 0 Å². The zero-order valence-corrected chi connectivity index (χ0v) is 19.6. The maximum absolute atomic E-state index is 13.4. The van der Waals surface area contributed by atoms with Crippen LogP contribution >= 0.6 is 0 Å². The molecular formula is C24H36N6O2. The lowest BCUT2D eigenvalue weighted by Gasteiger charge is -2.38. The lowest BCUT2D eigenvalue weighted by atomic mass is 9.89. The van der Waals surface area contributed by atoms with E-state index in [-0.39, 0.29) is 17.5 Å². The van der Waals surface area contributed by atoms with Crippen molar-refractivity contribution in [3.63, 3.8) is 0 Å². The van der Waals surface area contributed by atoms with Gasteiger partial charge in [-0.15, -0.1) is 0 Å². The molecule has 2 heterocycles. The lowest BCUT2D eigenvalue weighted by molar-refractivity contribution is 0.134. The van der Waals surface area contributed by atoms with E-state index in [1.807, 2.05) is 29.2 Å². The van der Waals surface area contributed by atoms with Crippen LogP contribution in [-0.2, 0) is 20.1 Å². The van der Waals surface area contributed by atoms with Crippen molar-refractivity contribution in [1.29, 1.82) is 0 Å². The molecule has 4 rings (SSSR count). The Balaban J connectivity index is 1.43. The first-order valence-corrected chi connectivity index (χ1v) is 11.8. The number of ether oxygens (including phenoxy) is 1. The van der Waals surface area contributed by atoms with Gasteiger partial charge in [-0.1, -0.05) is 25.5 Å². The Hall–Kier alpha value is -2.61. The van der Waals surface area contributed by atoms with E-state index in [2.05, 4.69) is 34.4 Å². The fraction of sp³-hybridized carbons (Fsp3) is 0.625. The number of aryl methyl sites for hydroxylation is 1. The van der Waals surface area contributed by atoms with Crippen molar-refractivity contribution < 1.29 is 9.53 Å². The van der Waals surface area contributed by atoms with Crippen molar-refractivity contribution in [1.82, 2.24) is 30.1 Å². The molecule has 1 N–H and O–H groups in total. The molecule has 1 saturated carbocycles. The van der Waals surface area contributed by atoms with E-state index in [0.29, 0.717) is 13.1 Å². The summed E-state index contributed by atoms with van der Waals surface area (Å²) in [7, 11) is 3.97. The Kier molecular flexibility index (Phi) is 6.98. The number of piperidine rings is 1. The highest BCUT2D eigenvalue weighted by Crippen LogP contribution is 2.51. The molecule has 174 valence electrons. The minimum absolute atomic E-state index is 0.0280. The summed E-state index contributed by atoms with van der Waals surface area (Å²) in [6, 6.07) is 8.26. The van der Waals surface area contributed by atoms with Gasteiger partial charge in [-0.05, 0) is 57.0 Å². The third-order valence-corrected chi connectivity index (χ3v) is 6.66. The molecule has 1 atom stereocenters. The van der Waals surface area contributed by atoms with Crippen LogP contribution in [0.3, 0.4) is 0 Å². The number of unbranched alkanes of at least 4 members (excludes halogenated alkanes) is 1. The molecule has 2 fully saturated rings. The number of nitrogens with one attached hydrogen (secondary N) is 1. The number of hydrogen-bond donors (Lipinski definition) is 1. The monoisotopic (exact) mass is 440 g/mol. The Morgan fingerprint density at radius 2 is 2.03 bits per heavy atom. The number of hydrogen-bond acceptors (Lipinski definition) is 5. The number of carbonyl (C=O) groups excluding carboxylic acids is 1. The maximum Gasteiger partial charge on any atom is 0.318 e. The molecule has 1 aliphatic heterocycles. The molecule has 1 saturated heterocycles. The SMILES string of the molecule is CCCCOc1ccc(CN(Cc2cnn(C)n2)C(=O)N[C@H]2CCN(C)CC23CC3)cc1. The van der Waals surface area contributed by atoms with Gasteiger partial charge in [-0.25, -0.2) is 4.79 Å². The molecule has 0 radical (unpaired) electrons. The average Bonchev–Trinajstić information content (AvgIpc) is 3.42. The fourth-order valence-electron chi connectivity index (χ4n) is 4.62. The topological polar surface area (TPSA) is 75.5 Å². The molecule has 32 heavy (non-hydrogen) atoms. The van der Waals surface area contributed by atoms with E-state index in [0.717, 1.165) is 56.0 Å². The normalized spacial score (nSPS) is 19.7. The van der Waals surface area contributed by atoms with Crippen LogP contribution in [0.1, 0.15) is 50.3 Å². The van der Waals surface area contributed by atoms with Gasteiger partial charge in [0.25, 0.3) is 0 Å². The van der Waals surface area contributed by atoms with Crippen molar-refractivity contribution in [2.75, 3.05) is 26.7 Å². The van der Waals surface area contributed by atoms with E-state index in [9.17, 15) is 4.79 Å². The molecule has 1 spiro atoms. The molecule has 0 bridgehead atoms. The van der Waals surface area contributed by atoms with Crippen molar-refractivity contribution in [3.8, 4) is 5.75 Å². The zero-order chi connectivity index (χ0) is 22.6. The smallest absolute Gasteiger partial charge is 0.318 e. The number of rotatable bonds is 9. The van der Waals surface area contributed by atoms with E-state index < -0.39 is 0 Å². The highest BCUT2D eigenvalue weighted by Gasteiger charge is 2.52. The van der Waals surface area contributed by atoms with Crippen LogP contribution in [0.5, 0.6) is 5.75 Å². The standard InChI is InChI=1S/C24H36N6O2/c1-4-5-14-32-21-8-6-19(7-9-21)16-30(17-20-15-25-29(3)27-20)23(31)26-22-10-13-28(2)18-24(22)11-12-24/h6-9,15,22H,4-5,10-14,16-18H2,1-3H3,(H,26,31)/t22-/m0/s1. The van der Waals surface area contributed by atoms with Gasteiger partial charge >= 0.3 is 6.03 Å². The van der Waals surface area contributed by atoms with Crippen molar-refractivity contribution in [2.45, 2.75) is 58.2 Å². The van der Waals surface area contributed by atoms with Gasteiger partial charge in [0.2, 0.25) is 0 Å². The van der Waals surface area contributed by atoms with Crippen LogP contribution in [0.2, 0.25) is 0 Å². The quantitative estimate of drug-likeness (QED) is 0.606. The average molecular weight is 441 g/mol. The van der Waals surface area contributed by atoms with E-state index in [1.165, 1.54) is 17.6 Å². The first-order valence-electron chi connectivity index (χ1n) is 11.8. The largest absolute Gasteiger partial charge is 0.494 e. The highest BCUT2D eigenvalue weighted by molar-refractivity contribution is 5.74. The van der Waals surface area contributed by atoms with Crippen LogP contribution in [0.15, 0.2) is 30.5 Å². The number of carbonyl (C=O) groups is 1. The summed E-state index contributed by atoms with van der Waals surface area (Å²) >= 11 is 0. The molecule has 0 unspecified atom stereocenters. The summed E-state index contributed by atoms with van der Waals surface area (Å²) in [5.41, 5.74) is 2.11. The van der Waals surface area contributed by atoms with Crippen LogP contribution in [0.4, 0.5) is 4.79 Å². The van der Waals surface area contributed by atoms with Crippen molar-refractivity contribution in [3.05, 3.63) is 41.7 Å². The number of urea groups is 1. The highest BCUT2D eigenvalue weighted by atomic mass is 16.5. The third kappa shape index (κ3) is 5.59. The van der Waals surface area contributed by atoms with Gasteiger partial charge < -0.3 is 19.9 Å². The van der Waals surface area contributed by atoms with Crippen LogP contribution in [0, 0.1) is 5.41 Å². The number of aromatic nitrogens is 3. The second-order valence-electron chi connectivity index (χ2n) is 9.42. The molecule has 1 aromatic carbocycles. The van der Waals surface area contributed by atoms with Gasteiger partial charge in [-0.2, -0.15) is 15.0 Å². The van der Waals surface area contributed by atoms with Crippen molar-refractivity contribution >= 4 is 6.03 Å². The second-order valence-corrected chi connectivity index (χ2v) is 9.42. The van der Waals surface area contributed by atoms with E-state index in [1.54, 1.807) is 13.2 Å². The van der Waals surface area contributed by atoms with Crippen LogP contribution < -0.4 is 10.1 Å². The molecule has 2 amide bonds. The predicted molar refractivity (Wildman–Crippen MR) is 123 cm³/mol. The summed E-state index contributed by atoms with van der Waals surface area (Å²) in [5.74, 6) is 0.870. The molecule has 1 aliphatic carbocycles. The minimum Gasteiger partial charge on any atom is -0.494 e. The molecule has 8 heteroatoms. The summed E-state index contributed by atoms with van der Waals surface area (Å²) in [6.45, 7) is 5.92. The van der Waals surface area contributed by atoms with Gasteiger partial charge in [0.1, 0.15) is 11.4 Å². The van der Waals surface area contributed by atoms with E-state index >= 15 is 0 Å². The zero-order valence-electron chi connectivity index (χ0n) is 19.6. The number of amides is 2. The Morgan fingerprint density at radius 1 is 1.25 bits per heavy atom. The summed E-state index contributed by atoms with van der Waals surface area (Å²) < 4.78 is 5.77. The third-order valence-electron chi connectivity index (χ3n) is 6.66. The Bertz CT molecular complexity index is 892. The number of benzene rings is 1. The number of likely N-dealkylation sites (tertiary alicyclic amines) is 1. The minimum atomic E-state index is -0.0280. The predicted octanol–water partition coefficient (Wildman–Crippen LogP) is 3.19. The maximum atomic E-state index is 13.4. The molecule has 2 aromatic rings. The molecular weight excluding hydrogens is 404 g/mol. The Morgan fingerprint density at radius 3 is 2.69 bits per heavy atom. The Labute approximate surface area is 190 Å².